The number of anilines is 1. The molecule has 0 bridgehead atoms. The summed E-state index contributed by atoms with van der Waals surface area (Å²) >= 11 is 11.4. The molecule has 0 N–H and O–H groups in total. The molecule has 0 radical (unpaired) electrons. The Balaban J connectivity index is 1.70. The number of aryl methyl sites for hydroxylation is 2. The number of ether oxygens (including phenoxy) is 1. The predicted octanol–water partition coefficient (Wildman–Crippen LogP) is 5.31. The van der Waals surface area contributed by atoms with E-state index in [2.05, 4.69) is 46.8 Å². The first-order valence-electron chi connectivity index (χ1n) is 9.88. The molecular weight excluding hydrogens is 486 g/mol. The van der Waals surface area contributed by atoms with Gasteiger partial charge in [0.05, 0.1) is 34.0 Å². The summed E-state index contributed by atoms with van der Waals surface area (Å²) in [7, 11) is 0. The van der Waals surface area contributed by atoms with Crippen LogP contribution in [0.3, 0.4) is 0 Å². The third kappa shape index (κ3) is 4.55. The Morgan fingerprint density at radius 3 is 2.80 bits per heavy atom. The van der Waals surface area contributed by atoms with E-state index in [1.54, 1.807) is 28.4 Å². The van der Waals surface area contributed by atoms with Crippen LogP contribution in [0.15, 0.2) is 34.8 Å². The zero-order valence-electron chi connectivity index (χ0n) is 17.0. The number of fused-ring (bicyclic) bond motifs is 1. The molecule has 0 aliphatic carbocycles. The van der Waals surface area contributed by atoms with Crippen molar-refractivity contribution in [3.05, 3.63) is 56.5 Å². The van der Waals surface area contributed by atoms with Crippen molar-refractivity contribution in [1.29, 1.82) is 0 Å². The van der Waals surface area contributed by atoms with Crippen molar-refractivity contribution in [3.8, 4) is 0 Å². The molecule has 3 aromatic rings. The summed E-state index contributed by atoms with van der Waals surface area (Å²) in [5, 5.41) is 1.14. The summed E-state index contributed by atoms with van der Waals surface area (Å²) in [5.41, 5.74) is 3.77. The van der Waals surface area contributed by atoms with E-state index in [0.29, 0.717) is 22.3 Å². The molecule has 30 heavy (non-hydrogen) atoms. The lowest BCUT2D eigenvalue weighted by molar-refractivity contribution is 0.0391. The van der Waals surface area contributed by atoms with Crippen molar-refractivity contribution >= 4 is 60.1 Å². The first-order valence-corrected chi connectivity index (χ1v) is 11.9. The van der Waals surface area contributed by atoms with Crippen molar-refractivity contribution in [1.82, 2.24) is 9.88 Å². The zero-order chi connectivity index (χ0) is 21.3. The number of rotatable bonds is 5. The Bertz CT molecular complexity index is 1080. The van der Waals surface area contributed by atoms with Crippen LogP contribution in [0, 0.1) is 13.8 Å². The first kappa shape index (κ1) is 21.7. The highest BCUT2D eigenvalue weighted by Crippen LogP contribution is 2.33. The van der Waals surface area contributed by atoms with Crippen LogP contribution < -0.4 is 4.90 Å². The molecule has 2 aromatic carbocycles. The summed E-state index contributed by atoms with van der Waals surface area (Å²) in [6.45, 7) is 8.66. The molecule has 0 unspecified atom stereocenters. The number of hydrogen-bond acceptors (Lipinski definition) is 5. The number of nitrogens with zero attached hydrogens (tertiary/aromatic N) is 3. The zero-order valence-corrected chi connectivity index (χ0v) is 20.1. The van der Waals surface area contributed by atoms with Gasteiger partial charge in [-0.15, -0.1) is 0 Å². The number of halogens is 2. The summed E-state index contributed by atoms with van der Waals surface area (Å²) in [6, 6.07) is 9.53. The van der Waals surface area contributed by atoms with E-state index in [0.717, 1.165) is 53.1 Å². The molecule has 1 saturated heterocycles. The van der Waals surface area contributed by atoms with E-state index < -0.39 is 0 Å². The molecular formula is C22H23BrClN3O2S. The maximum atomic E-state index is 13.6. The Kier molecular flexibility index (Phi) is 6.75. The minimum Gasteiger partial charge on any atom is -0.379 e. The van der Waals surface area contributed by atoms with Gasteiger partial charge < -0.3 is 4.74 Å². The van der Waals surface area contributed by atoms with Crippen LogP contribution in [0.4, 0.5) is 5.13 Å². The maximum absolute atomic E-state index is 13.6. The average Bonchev–Trinajstić information content (AvgIpc) is 3.18. The van der Waals surface area contributed by atoms with Crippen molar-refractivity contribution < 1.29 is 9.53 Å². The van der Waals surface area contributed by atoms with Crippen molar-refractivity contribution in [2.75, 3.05) is 44.3 Å². The highest BCUT2D eigenvalue weighted by Gasteiger charge is 2.25. The fourth-order valence-corrected chi connectivity index (χ4v) is 5.10. The first-order chi connectivity index (χ1) is 14.4. The Morgan fingerprint density at radius 1 is 1.27 bits per heavy atom. The minimum absolute atomic E-state index is 0.136. The van der Waals surface area contributed by atoms with Gasteiger partial charge in [-0.3, -0.25) is 14.6 Å². The molecule has 1 aliphatic rings. The van der Waals surface area contributed by atoms with E-state index in [-0.39, 0.29) is 5.91 Å². The second-order valence-corrected chi connectivity index (χ2v) is 9.72. The van der Waals surface area contributed by atoms with Gasteiger partial charge in [-0.2, -0.15) is 0 Å². The molecule has 1 aliphatic heterocycles. The minimum atomic E-state index is -0.136. The lowest BCUT2D eigenvalue weighted by atomic mass is 10.1. The largest absolute Gasteiger partial charge is 0.379 e. The number of morpholine rings is 1. The number of thiazole rings is 1. The van der Waals surface area contributed by atoms with Gasteiger partial charge in [-0.1, -0.05) is 44.9 Å². The third-order valence-corrected chi connectivity index (χ3v) is 7.32. The van der Waals surface area contributed by atoms with Gasteiger partial charge in [0, 0.05) is 30.7 Å². The monoisotopic (exact) mass is 507 g/mol. The highest BCUT2D eigenvalue weighted by atomic mass is 79.9. The lowest BCUT2D eigenvalue weighted by Gasteiger charge is -2.29. The normalized spacial score (nSPS) is 14.9. The smallest absolute Gasteiger partial charge is 0.261 e. The summed E-state index contributed by atoms with van der Waals surface area (Å²) in [5.74, 6) is -0.136. The van der Waals surface area contributed by atoms with Crippen LogP contribution in [-0.2, 0) is 4.74 Å². The van der Waals surface area contributed by atoms with E-state index in [1.807, 2.05) is 6.07 Å². The standard InChI is InChI=1S/C22H23BrClN3O2S/c1-14-3-6-19-20(15(14)2)25-22(30-19)27(8-7-26-9-11-29-12-10-26)21(28)17-13-16(23)4-5-18(17)24/h3-6,13H,7-12H2,1-2H3. The van der Waals surface area contributed by atoms with Gasteiger partial charge in [0.15, 0.2) is 5.13 Å². The number of hydrogen-bond donors (Lipinski definition) is 0. The number of amides is 1. The van der Waals surface area contributed by atoms with E-state index >= 15 is 0 Å². The summed E-state index contributed by atoms with van der Waals surface area (Å²) < 4.78 is 7.35. The maximum Gasteiger partial charge on any atom is 0.261 e. The summed E-state index contributed by atoms with van der Waals surface area (Å²) in [4.78, 5) is 22.5. The number of carbonyl (C=O) groups excluding carboxylic acids is 1. The average molecular weight is 509 g/mol. The number of benzene rings is 2. The molecule has 0 spiro atoms. The van der Waals surface area contributed by atoms with E-state index in [9.17, 15) is 4.79 Å². The molecule has 158 valence electrons. The van der Waals surface area contributed by atoms with Crippen LogP contribution in [0.25, 0.3) is 10.2 Å². The Morgan fingerprint density at radius 2 is 2.03 bits per heavy atom. The molecule has 4 rings (SSSR count). The van der Waals surface area contributed by atoms with Gasteiger partial charge in [-0.25, -0.2) is 4.98 Å². The second-order valence-electron chi connectivity index (χ2n) is 7.39. The molecule has 1 amide bonds. The molecule has 0 atom stereocenters. The quantitative estimate of drug-likeness (QED) is 0.469. The van der Waals surface area contributed by atoms with Crippen molar-refractivity contribution in [2.45, 2.75) is 13.8 Å². The lowest BCUT2D eigenvalue weighted by Crippen LogP contribution is -2.43. The second kappa shape index (κ2) is 9.32. The highest BCUT2D eigenvalue weighted by molar-refractivity contribution is 9.10. The molecule has 8 heteroatoms. The SMILES string of the molecule is Cc1ccc2sc(N(CCN3CCOCC3)C(=O)c3cc(Br)ccc3Cl)nc2c1C. The molecule has 2 heterocycles. The van der Waals surface area contributed by atoms with Crippen LogP contribution in [-0.4, -0.2) is 55.2 Å². The van der Waals surface area contributed by atoms with Gasteiger partial charge >= 0.3 is 0 Å². The molecule has 5 nitrogen and oxygen atoms in total. The Hall–Kier alpha value is -1.51. The van der Waals surface area contributed by atoms with Crippen LogP contribution in [0.2, 0.25) is 5.02 Å². The summed E-state index contributed by atoms with van der Waals surface area (Å²) in [6.07, 6.45) is 0. The fourth-order valence-electron chi connectivity index (χ4n) is 3.49. The third-order valence-electron chi connectivity index (χ3n) is 5.45. The van der Waals surface area contributed by atoms with Gasteiger partial charge in [0.1, 0.15) is 0 Å². The van der Waals surface area contributed by atoms with Crippen LogP contribution in [0.5, 0.6) is 0 Å². The number of carbonyl (C=O) groups is 1. The van der Waals surface area contributed by atoms with Crippen molar-refractivity contribution in [2.24, 2.45) is 0 Å². The van der Waals surface area contributed by atoms with E-state index in [1.165, 1.54) is 5.56 Å². The van der Waals surface area contributed by atoms with Crippen molar-refractivity contribution in [3.63, 3.8) is 0 Å². The predicted molar refractivity (Wildman–Crippen MR) is 127 cm³/mol. The number of aromatic nitrogens is 1. The van der Waals surface area contributed by atoms with Crippen LogP contribution in [0.1, 0.15) is 21.5 Å². The molecule has 1 aromatic heterocycles. The van der Waals surface area contributed by atoms with Gasteiger partial charge in [0.2, 0.25) is 0 Å². The van der Waals surface area contributed by atoms with Gasteiger partial charge in [-0.05, 0) is 49.2 Å². The fraction of sp³-hybridized carbons (Fsp3) is 0.364. The molecule has 1 fully saturated rings. The van der Waals surface area contributed by atoms with Gasteiger partial charge in [0.25, 0.3) is 5.91 Å². The topological polar surface area (TPSA) is 45.7 Å². The molecule has 0 saturated carbocycles. The van der Waals surface area contributed by atoms with E-state index in [4.69, 9.17) is 21.3 Å². The van der Waals surface area contributed by atoms with Crippen LogP contribution >= 0.6 is 38.9 Å². The Labute approximate surface area is 193 Å².